The Morgan fingerprint density at radius 1 is 1.40 bits per heavy atom. The van der Waals surface area contributed by atoms with Crippen LogP contribution in [0.5, 0.6) is 11.5 Å². The third kappa shape index (κ3) is 3.62. The first kappa shape index (κ1) is 11.6. The zero-order valence-electron chi connectivity index (χ0n) is 9.32. The molecule has 0 aliphatic carbocycles. The molecule has 0 fully saturated rings. The van der Waals surface area contributed by atoms with E-state index >= 15 is 0 Å². The van der Waals surface area contributed by atoms with Gasteiger partial charge in [0.1, 0.15) is 18.1 Å². The minimum Gasteiger partial charge on any atom is -0.491 e. The van der Waals surface area contributed by atoms with Crippen LogP contribution in [0.3, 0.4) is 0 Å². The highest BCUT2D eigenvalue weighted by Crippen LogP contribution is 2.24. The van der Waals surface area contributed by atoms with Gasteiger partial charge in [0.15, 0.2) is 6.29 Å². The third-order valence-electron chi connectivity index (χ3n) is 1.83. The van der Waals surface area contributed by atoms with Gasteiger partial charge in [0, 0.05) is 0 Å². The second-order valence-corrected chi connectivity index (χ2v) is 3.57. The van der Waals surface area contributed by atoms with Crippen molar-refractivity contribution in [3.8, 4) is 11.5 Å². The van der Waals surface area contributed by atoms with Gasteiger partial charge >= 0.3 is 0 Å². The molecular weight excluding hydrogens is 192 g/mol. The Bertz CT molecular complexity index is 332. The van der Waals surface area contributed by atoms with Gasteiger partial charge in [0.05, 0.1) is 6.10 Å². The molecule has 0 radical (unpaired) electrons. The molecular formula is C12H16O3. The van der Waals surface area contributed by atoms with Gasteiger partial charge in [0.2, 0.25) is 0 Å². The summed E-state index contributed by atoms with van der Waals surface area (Å²) in [5.41, 5.74) is 1.01. The first-order chi connectivity index (χ1) is 7.13. The normalized spacial score (nSPS) is 10.1. The van der Waals surface area contributed by atoms with Crippen LogP contribution < -0.4 is 9.47 Å². The lowest BCUT2D eigenvalue weighted by Crippen LogP contribution is -2.06. The highest BCUT2D eigenvalue weighted by atomic mass is 16.5. The Hall–Kier alpha value is -1.51. The van der Waals surface area contributed by atoms with E-state index in [1.165, 1.54) is 0 Å². The summed E-state index contributed by atoms with van der Waals surface area (Å²) >= 11 is 0. The fourth-order valence-electron chi connectivity index (χ4n) is 1.23. The Labute approximate surface area is 90.0 Å². The number of carbonyl (C=O) groups excluding carboxylic acids is 1. The summed E-state index contributed by atoms with van der Waals surface area (Å²) in [7, 11) is 0. The van der Waals surface area contributed by atoms with Crippen LogP contribution in [0.4, 0.5) is 0 Å². The second kappa shape index (κ2) is 5.39. The summed E-state index contributed by atoms with van der Waals surface area (Å²) in [6.07, 6.45) is 0.888. The van der Waals surface area contributed by atoms with E-state index in [1.807, 2.05) is 32.9 Å². The van der Waals surface area contributed by atoms with Gasteiger partial charge in [-0.2, -0.15) is 0 Å². The average Bonchev–Trinajstić information content (AvgIpc) is 2.18. The Balaban J connectivity index is 2.73. The molecule has 0 atom stereocenters. The fourth-order valence-corrected chi connectivity index (χ4v) is 1.23. The molecule has 15 heavy (non-hydrogen) atoms. The first-order valence-corrected chi connectivity index (χ1v) is 4.97. The lowest BCUT2D eigenvalue weighted by Gasteiger charge is -2.13. The molecule has 3 heteroatoms. The Morgan fingerprint density at radius 2 is 2.13 bits per heavy atom. The summed E-state index contributed by atoms with van der Waals surface area (Å²) in [5.74, 6) is 1.54. The van der Waals surface area contributed by atoms with Gasteiger partial charge in [-0.05, 0) is 44.5 Å². The summed E-state index contributed by atoms with van der Waals surface area (Å²) in [5, 5.41) is 0. The molecule has 0 aliphatic heterocycles. The molecule has 1 aromatic rings. The van der Waals surface area contributed by atoms with E-state index in [9.17, 15) is 4.79 Å². The van der Waals surface area contributed by atoms with Crippen LogP contribution in [-0.2, 0) is 4.79 Å². The fraction of sp³-hybridized carbons (Fsp3) is 0.417. The molecule has 0 saturated heterocycles. The molecule has 1 rings (SSSR count). The largest absolute Gasteiger partial charge is 0.491 e. The summed E-state index contributed by atoms with van der Waals surface area (Å²) in [4.78, 5) is 10.1. The minimum atomic E-state index is 0.0871. The van der Waals surface area contributed by atoms with Crippen molar-refractivity contribution in [2.75, 3.05) is 6.61 Å². The summed E-state index contributed by atoms with van der Waals surface area (Å²) < 4.78 is 10.8. The van der Waals surface area contributed by atoms with E-state index in [4.69, 9.17) is 9.47 Å². The van der Waals surface area contributed by atoms with Crippen LogP contribution in [0, 0.1) is 6.92 Å². The van der Waals surface area contributed by atoms with E-state index in [1.54, 1.807) is 6.07 Å². The number of carbonyl (C=O) groups is 1. The quantitative estimate of drug-likeness (QED) is 0.697. The van der Waals surface area contributed by atoms with Crippen molar-refractivity contribution in [1.29, 1.82) is 0 Å². The number of benzene rings is 1. The van der Waals surface area contributed by atoms with Crippen LogP contribution in [0.15, 0.2) is 18.2 Å². The van der Waals surface area contributed by atoms with Gasteiger partial charge in [-0.1, -0.05) is 0 Å². The average molecular weight is 208 g/mol. The predicted octanol–water partition coefficient (Wildman–Crippen LogP) is 2.36. The van der Waals surface area contributed by atoms with Crippen LogP contribution in [0.25, 0.3) is 0 Å². The maximum atomic E-state index is 10.1. The lowest BCUT2D eigenvalue weighted by molar-refractivity contribution is -0.109. The highest BCUT2D eigenvalue weighted by molar-refractivity contribution is 5.51. The second-order valence-electron chi connectivity index (χ2n) is 3.57. The molecule has 0 N–H and O–H groups in total. The molecule has 0 aliphatic rings. The van der Waals surface area contributed by atoms with Crippen molar-refractivity contribution in [3.05, 3.63) is 23.8 Å². The molecule has 0 heterocycles. The third-order valence-corrected chi connectivity index (χ3v) is 1.83. The number of hydrogen-bond donors (Lipinski definition) is 0. The maximum Gasteiger partial charge on any atom is 0.157 e. The molecule has 82 valence electrons. The SMILES string of the molecule is Cc1cc(OCC=O)ccc1OC(C)C. The zero-order chi connectivity index (χ0) is 11.3. The molecule has 0 spiro atoms. The molecule has 1 aromatic carbocycles. The zero-order valence-corrected chi connectivity index (χ0v) is 9.32. The van der Waals surface area contributed by atoms with Crippen molar-refractivity contribution in [2.45, 2.75) is 26.9 Å². The molecule has 0 aromatic heterocycles. The number of rotatable bonds is 5. The topological polar surface area (TPSA) is 35.5 Å². The molecule has 0 saturated carbocycles. The monoisotopic (exact) mass is 208 g/mol. The first-order valence-electron chi connectivity index (χ1n) is 4.97. The highest BCUT2D eigenvalue weighted by Gasteiger charge is 2.03. The molecule has 0 unspecified atom stereocenters. The minimum absolute atomic E-state index is 0.0871. The van der Waals surface area contributed by atoms with Gasteiger partial charge in [-0.15, -0.1) is 0 Å². The predicted molar refractivity (Wildman–Crippen MR) is 58.5 cm³/mol. The van der Waals surface area contributed by atoms with Crippen molar-refractivity contribution in [2.24, 2.45) is 0 Å². The van der Waals surface area contributed by atoms with E-state index in [0.717, 1.165) is 17.6 Å². The number of aldehydes is 1. The van der Waals surface area contributed by atoms with Crippen molar-refractivity contribution in [1.82, 2.24) is 0 Å². The van der Waals surface area contributed by atoms with E-state index in [0.29, 0.717) is 5.75 Å². The summed E-state index contributed by atoms with van der Waals surface area (Å²) in [6, 6.07) is 5.52. The standard InChI is InChI=1S/C12H16O3/c1-9(2)15-12-5-4-11(8-10(12)3)14-7-6-13/h4-6,8-9H,7H2,1-3H3. The Morgan fingerprint density at radius 3 is 2.67 bits per heavy atom. The van der Waals surface area contributed by atoms with Crippen molar-refractivity contribution < 1.29 is 14.3 Å². The molecule has 3 nitrogen and oxygen atoms in total. The molecule has 0 amide bonds. The Kier molecular flexibility index (Phi) is 4.16. The van der Waals surface area contributed by atoms with Crippen LogP contribution >= 0.6 is 0 Å². The lowest BCUT2D eigenvalue weighted by atomic mass is 10.2. The van der Waals surface area contributed by atoms with E-state index in [2.05, 4.69) is 0 Å². The van der Waals surface area contributed by atoms with Crippen LogP contribution in [0.2, 0.25) is 0 Å². The van der Waals surface area contributed by atoms with Crippen LogP contribution in [0.1, 0.15) is 19.4 Å². The van der Waals surface area contributed by atoms with E-state index < -0.39 is 0 Å². The van der Waals surface area contributed by atoms with E-state index in [-0.39, 0.29) is 12.7 Å². The summed E-state index contributed by atoms with van der Waals surface area (Å²) in [6.45, 7) is 6.00. The molecule has 0 bridgehead atoms. The van der Waals surface area contributed by atoms with Gasteiger partial charge in [0.25, 0.3) is 0 Å². The number of ether oxygens (including phenoxy) is 2. The number of aryl methyl sites for hydroxylation is 1. The van der Waals surface area contributed by atoms with Gasteiger partial charge < -0.3 is 9.47 Å². The smallest absolute Gasteiger partial charge is 0.157 e. The number of hydrogen-bond acceptors (Lipinski definition) is 3. The van der Waals surface area contributed by atoms with Crippen molar-refractivity contribution >= 4 is 6.29 Å². The maximum absolute atomic E-state index is 10.1. The van der Waals surface area contributed by atoms with Gasteiger partial charge in [-0.25, -0.2) is 0 Å². The van der Waals surface area contributed by atoms with Crippen LogP contribution in [-0.4, -0.2) is 19.0 Å². The van der Waals surface area contributed by atoms with Gasteiger partial charge in [-0.3, -0.25) is 4.79 Å². The van der Waals surface area contributed by atoms with Crippen molar-refractivity contribution in [3.63, 3.8) is 0 Å².